The predicted molar refractivity (Wildman–Crippen MR) is 160 cm³/mol. The molecule has 1 N–H and O–H groups in total. The van der Waals surface area contributed by atoms with Gasteiger partial charge >= 0.3 is 0 Å². The maximum absolute atomic E-state index is 13.3. The number of ether oxygens (including phenoxy) is 3. The first-order valence-corrected chi connectivity index (χ1v) is 14.3. The minimum Gasteiger partial charge on any atom is -0.479 e. The van der Waals surface area contributed by atoms with Crippen LogP contribution in [0.5, 0.6) is 11.8 Å². The fraction of sp³-hybridized carbons (Fsp3) is 0.500. The third-order valence-corrected chi connectivity index (χ3v) is 7.55. The molecular weight excluding hydrogens is 534 g/mol. The number of benzene rings is 1. The summed E-state index contributed by atoms with van der Waals surface area (Å²) in [5.74, 6) is 0.985. The summed E-state index contributed by atoms with van der Waals surface area (Å²) in [6.07, 6.45) is 2.75. The average molecular weight is 576 g/mol. The molecule has 0 radical (unpaired) electrons. The van der Waals surface area contributed by atoms with Crippen LogP contribution in [0.3, 0.4) is 0 Å². The fourth-order valence-corrected chi connectivity index (χ4v) is 5.44. The number of aromatic nitrogens is 2. The lowest BCUT2D eigenvalue weighted by Crippen LogP contribution is -2.28. The second kappa shape index (κ2) is 12.4. The van der Waals surface area contributed by atoms with Crippen molar-refractivity contribution < 1.29 is 23.4 Å². The Bertz CT molecular complexity index is 1460. The zero-order valence-corrected chi connectivity index (χ0v) is 25.9. The molecule has 0 saturated heterocycles. The van der Waals surface area contributed by atoms with Crippen molar-refractivity contribution in [3.63, 3.8) is 0 Å². The number of nitrogens with zero attached hydrogens (tertiary/aromatic N) is 4. The molecule has 1 aliphatic heterocycles. The molecule has 10 nitrogen and oxygen atoms in total. The van der Waals surface area contributed by atoms with E-state index in [1.165, 1.54) is 25.3 Å². The van der Waals surface area contributed by atoms with Crippen molar-refractivity contribution >= 4 is 17.5 Å². The van der Waals surface area contributed by atoms with Crippen molar-refractivity contribution in [1.29, 1.82) is 5.26 Å². The van der Waals surface area contributed by atoms with Crippen molar-refractivity contribution in [2.24, 2.45) is 0 Å². The average Bonchev–Trinajstić information content (AvgIpc) is 3.48. The molecule has 1 aliphatic rings. The number of unbranched alkanes of at least 4 members (excludes halogenated alkanes) is 1. The number of furan rings is 1. The van der Waals surface area contributed by atoms with Gasteiger partial charge < -0.3 is 28.8 Å². The molecule has 3 heterocycles. The summed E-state index contributed by atoms with van der Waals surface area (Å²) >= 11 is 0. The van der Waals surface area contributed by atoms with Crippen molar-refractivity contribution in [3.05, 3.63) is 58.0 Å². The third-order valence-electron chi connectivity index (χ3n) is 7.55. The summed E-state index contributed by atoms with van der Waals surface area (Å²) in [6, 6.07) is 10.0. The molecular formula is C32H41N5O5. The monoisotopic (exact) mass is 575 g/mol. The van der Waals surface area contributed by atoms with E-state index in [9.17, 15) is 4.79 Å². The van der Waals surface area contributed by atoms with Gasteiger partial charge in [-0.25, -0.2) is 0 Å². The van der Waals surface area contributed by atoms with Crippen LogP contribution < -0.4 is 19.7 Å². The Hall–Kier alpha value is -4.10. The van der Waals surface area contributed by atoms with Gasteiger partial charge in [0.1, 0.15) is 5.76 Å². The smallest absolute Gasteiger partial charge is 0.291 e. The fourth-order valence-electron chi connectivity index (χ4n) is 5.44. The number of carbonyl (C=O) groups excluding carboxylic acids is 1. The van der Waals surface area contributed by atoms with Gasteiger partial charge in [0.05, 0.1) is 37.9 Å². The molecule has 0 saturated carbocycles. The molecule has 0 aliphatic carbocycles. The maximum Gasteiger partial charge on any atom is 0.291 e. The van der Waals surface area contributed by atoms with Crippen LogP contribution in [0, 0.1) is 18.3 Å². The highest BCUT2D eigenvalue weighted by atomic mass is 16.5. The lowest BCUT2D eigenvalue weighted by molar-refractivity contribution is -0.105. The van der Waals surface area contributed by atoms with Crippen molar-refractivity contribution in [2.75, 3.05) is 37.5 Å². The summed E-state index contributed by atoms with van der Waals surface area (Å²) in [4.78, 5) is 24.2. The second-order valence-electron chi connectivity index (χ2n) is 11.5. The number of anilines is 2. The molecule has 0 bridgehead atoms. The minimum absolute atomic E-state index is 0.139. The van der Waals surface area contributed by atoms with Crippen LogP contribution in [-0.4, -0.2) is 43.2 Å². The Morgan fingerprint density at radius 1 is 1.05 bits per heavy atom. The number of methoxy groups -OCH3 is 2. The third kappa shape index (κ3) is 6.36. The van der Waals surface area contributed by atoms with Gasteiger partial charge in [0.15, 0.2) is 11.4 Å². The van der Waals surface area contributed by atoms with Gasteiger partial charge in [-0.1, -0.05) is 25.5 Å². The maximum atomic E-state index is 13.3. The quantitative estimate of drug-likeness (QED) is 0.267. The first kappa shape index (κ1) is 30.8. The van der Waals surface area contributed by atoms with E-state index in [1.54, 1.807) is 6.07 Å². The van der Waals surface area contributed by atoms with E-state index in [1.807, 2.05) is 11.0 Å². The number of hydrogen-bond acceptors (Lipinski definition) is 9. The molecule has 0 atom stereocenters. The van der Waals surface area contributed by atoms with Gasteiger partial charge in [0.25, 0.3) is 5.91 Å². The summed E-state index contributed by atoms with van der Waals surface area (Å²) < 4.78 is 23.3. The highest BCUT2D eigenvalue weighted by molar-refractivity contribution is 6.03. The highest BCUT2D eigenvalue weighted by Gasteiger charge is 2.43. The van der Waals surface area contributed by atoms with E-state index >= 15 is 0 Å². The number of rotatable bonds is 12. The summed E-state index contributed by atoms with van der Waals surface area (Å²) in [5, 5.41) is 11.9. The van der Waals surface area contributed by atoms with Gasteiger partial charge in [-0.05, 0) is 75.4 Å². The van der Waals surface area contributed by atoms with E-state index in [4.69, 9.17) is 23.9 Å². The molecule has 3 aromatic rings. The van der Waals surface area contributed by atoms with Crippen LogP contribution >= 0.6 is 0 Å². The van der Waals surface area contributed by atoms with Gasteiger partial charge in [0.2, 0.25) is 17.7 Å². The largest absolute Gasteiger partial charge is 0.479 e. The van der Waals surface area contributed by atoms with Crippen LogP contribution in [0.25, 0.3) is 0 Å². The van der Waals surface area contributed by atoms with E-state index in [-0.39, 0.29) is 28.8 Å². The van der Waals surface area contributed by atoms with E-state index < -0.39 is 11.5 Å². The Labute approximate surface area is 248 Å². The first-order valence-electron chi connectivity index (χ1n) is 14.3. The molecule has 42 heavy (non-hydrogen) atoms. The Kier molecular flexibility index (Phi) is 9.12. The topological polar surface area (TPSA) is 123 Å². The zero-order chi connectivity index (χ0) is 30.7. The molecule has 1 aromatic carbocycles. The SMILES string of the molecule is CCCCN(CCC#N)c1nc(OC)c(NC(=O)c2ccc(Cc3cc4c(cc3C)C(C)(C)OC4(C)C)o2)c(OC)n1. The van der Waals surface area contributed by atoms with Crippen molar-refractivity contribution in [1.82, 2.24) is 9.97 Å². The predicted octanol–water partition coefficient (Wildman–Crippen LogP) is 6.26. The summed E-state index contributed by atoms with van der Waals surface area (Å²) in [7, 11) is 2.93. The number of amides is 1. The Morgan fingerprint density at radius 2 is 1.69 bits per heavy atom. The standard InChI is InChI=1S/C32H41N5O5/c1-9-10-15-37(16-11-14-33)30-35-28(39-7)26(29(36-30)40-8)34-27(38)25-13-12-22(41-25)18-21-19-24-23(17-20(21)2)31(3,4)42-32(24,5)6/h12-13,17,19H,9-11,15-16,18H2,1-8H3,(H,34,38). The van der Waals surface area contributed by atoms with Crippen LogP contribution in [0.1, 0.15) is 92.4 Å². The summed E-state index contributed by atoms with van der Waals surface area (Å²) in [5.41, 5.74) is 4.06. The van der Waals surface area contributed by atoms with Crippen molar-refractivity contribution in [2.45, 2.75) is 78.4 Å². The summed E-state index contributed by atoms with van der Waals surface area (Å²) in [6.45, 7) is 13.7. The van der Waals surface area contributed by atoms with Crippen LogP contribution in [0.4, 0.5) is 11.6 Å². The lowest BCUT2D eigenvalue weighted by atomic mass is 9.86. The first-order chi connectivity index (χ1) is 19.9. The highest BCUT2D eigenvalue weighted by Crippen LogP contribution is 2.47. The molecule has 1 amide bonds. The number of aryl methyl sites for hydroxylation is 1. The van der Waals surface area contributed by atoms with Crippen LogP contribution in [-0.2, 0) is 22.4 Å². The number of nitriles is 1. The van der Waals surface area contributed by atoms with Crippen LogP contribution in [0.2, 0.25) is 0 Å². The van der Waals surface area contributed by atoms with Gasteiger partial charge in [0, 0.05) is 19.5 Å². The Balaban J connectivity index is 1.56. The number of hydrogen-bond donors (Lipinski definition) is 1. The van der Waals surface area contributed by atoms with Gasteiger partial charge in [-0.2, -0.15) is 15.2 Å². The number of fused-ring (bicyclic) bond motifs is 1. The van der Waals surface area contributed by atoms with E-state index in [2.05, 4.69) is 75.0 Å². The molecule has 0 fully saturated rings. The second-order valence-corrected chi connectivity index (χ2v) is 11.5. The van der Waals surface area contributed by atoms with Gasteiger partial charge in [-0.15, -0.1) is 0 Å². The van der Waals surface area contributed by atoms with Crippen molar-refractivity contribution in [3.8, 4) is 17.8 Å². The zero-order valence-electron chi connectivity index (χ0n) is 25.9. The number of carbonyl (C=O) groups is 1. The molecule has 10 heteroatoms. The lowest BCUT2D eigenvalue weighted by Gasteiger charge is -2.24. The number of nitrogens with one attached hydrogen (secondary N) is 1. The normalized spacial score (nSPS) is 14.6. The van der Waals surface area contributed by atoms with E-state index in [0.717, 1.165) is 24.0 Å². The Morgan fingerprint density at radius 3 is 2.29 bits per heavy atom. The molecule has 224 valence electrons. The minimum atomic E-state index is -0.483. The molecule has 4 rings (SSSR count). The molecule has 0 unspecified atom stereocenters. The molecule has 0 spiro atoms. The van der Waals surface area contributed by atoms with Gasteiger partial charge in [-0.3, -0.25) is 4.79 Å². The van der Waals surface area contributed by atoms with E-state index in [0.29, 0.717) is 37.6 Å². The molecule has 2 aromatic heterocycles. The van der Waals surface area contributed by atoms with Crippen LogP contribution in [0.15, 0.2) is 28.7 Å².